The Hall–Kier alpha value is -2.21. The SMILES string of the molecule is CC(C)(C)OC(=O)N(Cc1ccccn1)C(=O)c1ccc(Br)cc1. The Morgan fingerprint density at radius 3 is 2.33 bits per heavy atom. The van der Waals surface area contributed by atoms with Crippen molar-refractivity contribution < 1.29 is 14.3 Å². The summed E-state index contributed by atoms with van der Waals surface area (Å²) in [5.41, 5.74) is 0.313. The van der Waals surface area contributed by atoms with Crippen molar-refractivity contribution in [2.24, 2.45) is 0 Å². The van der Waals surface area contributed by atoms with Crippen LogP contribution in [0.5, 0.6) is 0 Å². The zero-order valence-electron chi connectivity index (χ0n) is 13.8. The highest BCUT2D eigenvalue weighted by Gasteiger charge is 2.28. The van der Waals surface area contributed by atoms with Crippen molar-refractivity contribution in [1.29, 1.82) is 0 Å². The number of carbonyl (C=O) groups is 2. The molecule has 0 saturated carbocycles. The van der Waals surface area contributed by atoms with E-state index in [4.69, 9.17) is 4.74 Å². The molecule has 0 atom stereocenters. The summed E-state index contributed by atoms with van der Waals surface area (Å²) in [6.07, 6.45) is 0.924. The summed E-state index contributed by atoms with van der Waals surface area (Å²) >= 11 is 3.33. The van der Waals surface area contributed by atoms with Crippen LogP contribution in [0.4, 0.5) is 4.79 Å². The van der Waals surface area contributed by atoms with Crippen LogP contribution in [0.3, 0.4) is 0 Å². The van der Waals surface area contributed by atoms with Crippen molar-refractivity contribution in [3.05, 3.63) is 64.4 Å². The third-order valence-electron chi connectivity index (χ3n) is 3.00. The van der Waals surface area contributed by atoms with Gasteiger partial charge in [0.25, 0.3) is 5.91 Å². The van der Waals surface area contributed by atoms with Gasteiger partial charge in [0.1, 0.15) is 5.60 Å². The number of amides is 2. The maximum atomic E-state index is 12.8. The number of halogens is 1. The second-order valence-electron chi connectivity index (χ2n) is 6.20. The highest BCUT2D eigenvalue weighted by molar-refractivity contribution is 9.10. The average Bonchev–Trinajstić information content (AvgIpc) is 2.52. The van der Waals surface area contributed by atoms with Crippen LogP contribution in [0, 0.1) is 0 Å². The molecule has 0 fully saturated rings. The fourth-order valence-corrected chi connectivity index (χ4v) is 2.20. The molecular weight excluding hydrogens is 372 g/mol. The molecule has 1 heterocycles. The van der Waals surface area contributed by atoms with E-state index >= 15 is 0 Å². The summed E-state index contributed by atoms with van der Waals surface area (Å²) in [6.45, 7) is 5.32. The summed E-state index contributed by atoms with van der Waals surface area (Å²) in [5.74, 6) is -0.428. The first-order valence-electron chi connectivity index (χ1n) is 7.46. The minimum atomic E-state index is -0.695. The molecule has 0 aliphatic heterocycles. The zero-order chi connectivity index (χ0) is 17.7. The minimum Gasteiger partial charge on any atom is -0.443 e. The first kappa shape index (κ1) is 18.1. The third kappa shape index (κ3) is 5.16. The fraction of sp³-hybridized carbons (Fsp3) is 0.278. The van der Waals surface area contributed by atoms with Crippen LogP contribution in [0.2, 0.25) is 0 Å². The van der Waals surface area contributed by atoms with Crippen molar-refractivity contribution in [2.75, 3.05) is 0 Å². The molecule has 0 unspecified atom stereocenters. The van der Waals surface area contributed by atoms with Crippen LogP contribution >= 0.6 is 15.9 Å². The average molecular weight is 391 g/mol. The monoisotopic (exact) mass is 390 g/mol. The topological polar surface area (TPSA) is 59.5 Å². The van der Waals surface area contributed by atoms with Gasteiger partial charge in [0, 0.05) is 16.2 Å². The Kier molecular flexibility index (Phi) is 5.72. The summed E-state index contributed by atoms with van der Waals surface area (Å²) in [7, 11) is 0. The van der Waals surface area contributed by atoms with Crippen LogP contribution in [0.25, 0.3) is 0 Å². The van der Waals surface area contributed by atoms with Gasteiger partial charge in [-0.15, -0.1) is 0 Å². The smallest absolute Gasteiger partial charge is 0.417 e. The number of hydrogen-bond donors (Lipinski definition) is 0. The number of benzene rings is 1. The van der Waals surface area contributed by atoms with Gasteiger partial charge in [0.2, 0.25) is 0 Å². The van der Waals surface area contributed by atoms with Gasteiger partial charge in [0.05, 0.1) is 12.2 Å². The van der Waals surface area contributed by atoms with Crippen molar-refractivity contribution in [1.82, 2.24) is 9.88 Å². The molecule has 0 spiro atoms. The lowest BCUT2D eigenvalue weighted by atomic mass is 10.2. The second kappa shape index (κ2) is 7.57. The Balaban J connectivity index is 2.29. The molecule has 5 nitrogen and oxygen atoms in total. The third-order valence-corrected chi connectivity index (χ3v) is 3.53. The molecule has 0 N–H and O–H groups in total. The van der Waals surface area contributed by atoms with Crippen LogP contribution < -0.4 is 0 Å². The number of pyridine rings is 1. The van der Waals surface area contributed by atoms with Gasteiger partial charge in [0.15, 0.2) is 0 Å². The molecule has 2 aromatic rings. The highest BCUT2D eigenvalue weighted by Crippen LogP contribution is 2.17. The predicted octanol–water partition coefficient (Wildman–Crippen LogP) is 4.42. The van der Waals surface area contributed by atoms with Crippen LogP contribution in [0.15, 0.2) is 53.1 Å². The summed E-state index contributed by atoms with van der Waals surface area (Å²) in [6, 6.07) is 12.1. The quantitative estimate of drug-likeness (QED) is 0.777. The number of nitrogens with zero attached hydrogens (tertiary/aromatic N) is 2. The molecule has 6 heteroatoms. The largest absolute Gasteiger partial charge is 0.443 e. The summed E-state index contributed by atoms with van der Waals surface area (Å²) in [5, 5.41) is 0. The molecule has 0 aliphatic rings. The highest BCUT2D eigenvalue weighted by atomic mass is 79.9. The van der Waals surface area contributed by atoms with E-state index in [-0.39, 0.29) is 6.54 Å². The lowest BCUT2D eigenvalue weighted by Gasteiger charge is -2.26. The first-order valence-corrected chi connectivity index (χ1v) is 8.26. The number of hydrogen-bond acceptors (Lipinski definition) is 4. The van der Waals surface area contributed by atoms with E-state index in [1.807, 2.05) is 0 Å². The molecular formula is C18H19BrN2O3. The van der Waals surface area contributed by atoms with E-state index in [0.717, 1.165) is 9.37 Å². The maximum Gasteiger partial charge on any atom is 0.417 e. The number of carbonyl (C=O) groups excluding carboxylic acids is 2. The first-order chi connectivity index (χ1) is 11.3. The Labute approximate surface area is 149 Å². The van der Waals surface area contributed by atoms with E-state index in [2.05, 4.69) is 20.9 Å². The Morgan fingerprint density at radius 1 is 1.12 bits per heavy atom. The van der Waals surface area contributed by atoms with E-state index in [1.165, 1.54) is 0 Å². The van der Waals surface area contributed by atoms with Gasteiger partial charge in [-0.05, 0) is 57.2 Å². The molecule has 2 rings (SSSR count). The predicted molar refractivity (Wildman–Crippen MR) is 94.5 cm³/mol. The molecule has 24 heavy (non-hydrogen) atoms. The van der Waals surface area contributed by atoms with E-state index in [9.17, 15) is 9.59 Å². The van der Waals surface area contributed by atoms with Crippen molar-refractivity contribution in [3.8, 4) is 0 Å². The van der Waals surface area contributed by atoms with Crippen molar-refractivity contribution in [3.63, 3.8) is 0 Å². The second-order valence-corrected chi connectivity index (χ2v) is 7.12. The van der Waals surface area contributed by atoms with E-state index < -0.39 is 17.6 Å². The number of ether oxygens (including phenoxy) is 1. The van der Waals surface area contributed by atoms with Gasteiger partial charge < -0.3 is 4.74 Å². The molecule has 1 aromatic carbocycles. The van der Waals surface area contributed by atoms with Crippen molar-refractivity contribution in [2.45, 2.75) is 32.9 Å². The maximum absolute atomic E-state index is 12.8. The van der Waals surface area contributed by atoms with Gasteiger partial charge in [-0.1, -0.05) is 22.0 Å². The van der Waals surface area contributed by atoms with Gasteiger partial charge >= 0.3 is 6.09 Å². The van der Waals surface area contributed by atoms with Crippen molar-refractivity contribution >= 4 is 27.9 Å². The van der Waals surface area contributed by atoms with E-state index in [1.54, 1.807) is 69.4 Å². The van der Waals surface area contributed by atoms with Crippen LogP contribution in [-0.4, -0.2) is 27.5 Å². The van der Waals surface area contributed by atoms with Crippen LogP contribution in [-0.2, 0) is 11.3 Å². The molecule has 0 bridgehead atoms. The minimum absolute atomic E-state index is 0.0463. The van der Waals surface area contributed by atoms with E-state index in [0.29, 0.717) is 11.3 Å². The number of aromatic nitrogens is 1. The summed E-state index contributed by atoms with van der Waals surface area (Å²) < 4.78 is 6.22. The normalized spacial score (nSPS) is 11.0. The summed E-state index contributed by atoms with van der Waals surface area (Å²) in [4.78, 5) is 30.5. The molecule has 0 saturated heterocycles. The lowest BCUT2D eigenvalue weighted by molar-refractivity contribution is 0.0225. The van der Waals surface area contributed by atoms with Crippen LogP contribution in [0.1, 0.15) is 36.8 Å². The van der Waals surface area contributed by atoms with Gasteiger partial charge in [-0.3, -0.25) is 9.78 Å². The molecule has 126 valence electrons. The molecule has 1 aromatic heterocycles. The number of rotatable bonds is 3. The zero-order valence-corrected chi connectivity index (χ0v) is 15.4. The Bertz CT molecular complexity index is 709. The number of imide groups is 1. The molecule has 0 radical (unpaired) electrons. The molecule has 0 aliphatic carbocycles. The fourth-order valence-electron chi connectivity index (χ4n) is 1.94. The van der Waals surface area contributed by atoms with Gasteiger partial charge in [-0.2, -0.15) is 0 Å². The Morgan fingerprint density at radius 2 is 1.79 bits per heavy atom. The standard InChI is InChI=1S/C18H19BrN2O3/c1-18(2,3)24-17(23)21(12-15-6-4-5-11-20-15)16(22)13-7-9-14(19)10-8-13/h4-11H,12H2,1-3H3. The van der Waals surface area contributed by atoms with Gasteiger partial charge in [-0.25, -0.2) is 9.69 Å². The lowest BCUT2D eigenvalue weighted by Crippen LogP contribution is -2.40. The molecule has 2 amide bonds.